The highest BCUT2D eigenvalue weighted by atomic mass is 32.2. The third-order valence-corrected chi connectivity index (χ3v) is 5.08. The Balaban J connectivity index is 2.08. The van der Waals surface area contributed by atoms with Crippen molar-refractivity contribution in [1.29, 1.82) is 0 Å². The molecule has 0 unspecified atom stereocenters. The molecule has 0 bridgehead atoms. The van der Waals surface area contributed by atoms with Crippen molar-refractivity contribution >= 4 is 21.4 Å². The molecule has 2 aromatic rings. The number of hydrogen-bond donors (Lipinski definition) is 2. The van der Waals surface area contributed by atoms with Crippen LogP contribution in [0.3, 0.4) is 0 Å². The molecule has 0 spiro atoms. The molecule has 0 atom stereocenters. The Morgan fingerprint density at radius 1 is 1.32 bits per heavy atom. The zero-order valence-electron chi connectivity index (χ0n) is 10.5. The van der Waals surface area contributed by atoms with Gasteiger partial charge in [0.15, 0.2) is 0 Å². The highest BCUT2D eigenvalue weighted by Gasteiger charge is 2.19. The van der Waals surface area contributed by atoms with Crippen LogP contribution >= 0.6 is 11.3 Å². The van der Waals surface area contributed by atoms with Gasteiger partial charge in [-0.05, 0) is 30.1 Å². The highest BCUT2D eigenvalue weighted by molar-refractivity contribution is 7.89. The van der Waals surface area contributed by atoms with Gasteiger partial charge in [0.05, 0.1) is 17.7 Å². The van der Waals surface area contributed by atoms with E-state index in [1.165, 1.54) is 17.6 Å². The van der Waals surface area contributed by atoms with E-state index in [1.807, 2.05) is 6.92 Å². The van der Waals surface area contributed by atoms with Crippen LogP contribution in [-0.2, 0) is 23.1 Å². The highest BCUT2D eigenvalue weighted by Crippen LogP contribution is 2.21. The zero-order valence-corrected chi connectivity index (χ0v) is 12.2. The fourth-order valence-electron chi connectivity index (χ4n) is 1.59. The molecular weight excluding hydrogens is 284 g/mol. The molecule has 2 rings (SSSR count). The fourth-order valence-corrected chi connectivity index (χ4v) is 4.00. The van der Waals surface area contributed by atoms with Gasteiger partial charge < -0.3 is 9.73 Å². The maximum atomic E-state index is 12.2. The lowest BCUT2D eigenvalue weighted by Crippen LogP contribution is -2.24. The van der Waals surface area contributed by atoms with Crippen molar-refractivity contribution in [2.45, 2.75) is 24.9 Å². The van der Waals surface area contributed by atoms with E-state index < -0.39 is 10.0 Å². The van der Waals surface area contributed by atoms with Crippen molar-refractivity contribution in [3.05, 3.63) is 40.5 Å². The quantitative estimate of drug-likeness (QED) is 0.819. The van der Waals surface area contributed by atoms with Crippen molar-refractivity contribution in [1.82, 2.24) is 10.0 Å². The van der Waals surface area contributed by atoms with Crippen LogP contribution in [0.2, 0.25) is 0 Å². The summed E-state index contributed by atoms with van der Waals surface area (Å²) in [7, 11) is -3.49. The molecule has 7 heteroatoms. The molecule has 2 aromatic heterocycles. The summed E-state index contributed by atoms with van der Waals surface area (Å²) < 4.78 is 32.0. The van der Waals surface area contributed by atoms with E-state index in [9.17, 15) is 8.42 Å². The maximum absolute atomic E-state index is 12.2. The van der Waals surface area contributed by atoms with E-state index in [1.54, 1.807) is 23.6 Å². The van der Waals surface area contributed by atoms with Crippen LogP contribution in [0.25, 0.3) is 0 Å². The normalized spacial score (nSPS) is 11.8. The van der Waals surface area contributed by atoms with Crippen LogP contribution in [-0.4, -0.2) is 15.0 Å². The summed E-state index contributed by atoms with van der Waals surface area (Å²) in [6.07, 6.45) is 1.52. The lowest BCUT2D eigenvalue weighted by atomic mass is 10.4. The topological polar surface area (TPSA) is 71.3 Å². The second-order valence-corrected chi connectivity index (χ2v) is 6.63. The van der Waals surface area contributed by atoms with E-state index in [2.05, 4.69) is 10.0 Å². The Labute approximate surface area is 116 Å². The van der Waals surface area contributed by atoms with Crippen LogP contribution in [0.1, 0.15) is 17.6 Å². The Bertz CT molecular complexity index is 603. The fraction of sp³-hybridized carbons (Fsp3) is 0.333. The largest absolute Gasteiger partial charge is 0.468 e. The summed E-state index contributed by atoms with van der Waals surface area (Å²) in [5, 5.41) is 4.92. The average Bonchev–Trinajstić information content (AvgIpc) is 3.05. The van der Waals surface area contributed by atoms with Crippen LogP contribution in [0, 0.1) is 0 Å². The van der Waals surface area contributed by atoms with Crippen molar-refractivity contribution in [3.63, 3.8) is 0 Å². The van der Waals surface area contributed by atoms with E-state index in [-0.39, 0.29) is 6.54 Å². The summed E-state index contributed by atoms with van der Waals surface area (Å²) in [6, 6.07) is 5.09. The molecule has 104 valence electrons. The van der Waals surface area contributed by atoms with Gasteiger partial charge >= 0.3 is 0 Å². The minimum atomic E-state index is -3.49. The molecule has 0 aliphatic rings. The minimum absolute atomic E-state index is 0.159. The molecule has 0 aromatic carbocycles. The molecule has 0 aliphatic heterocycles. The summed E-state index contributed by atoms with van der Waals surface area (Å²) in [5.41, 5.74) is 0. The molecule has 0 saturated heterocycles. The molecule has 0 saturated carbocycles. The van der Waals surface area contributed by atoms with E-state index >= 15 is 0 Å². The Hall–Kier alpha value is -1.15. The molecule has 0 fully saturated rings. The van der Waals surface area contributed by atoms with E-state index in [4.69, 9.17) is 4.42 Å². The molecular formula is C12H16N2O3S2. The summed E-state index contributed by atoms with van der Waals surface area (Å²) in [4.78, 5) is 1.15. The van der Waals surface area contributed by atoms with Gasteiger partial charge in [-0.25, -0.2) is 13.1 Å². The molecule has 5 nitrogen and oxygen atoms in total. The molecule has 0 radical (unpaired) electrons. The number of furan rings is 1. The van der Waals surface area contributed by atoms with Gasteiger partial charge in [-0.2, -0.15) is 0 Å². The van der Waals surface area contributed by atoms with Crippen molar-refractivity contribution in [2.75, 3.05) is 6.54 Å². The minimum Gasteiger partial charge on any atom is -0.468 e. The summed E-state index contributed by atoms with van der Waals surface area (Å²) in [5.74, 6) is 0.590. The molecule has 0 aliphatic carbocycles. The third-order valence-electron chi connectivity index (χ3n) is 2.55. The van der Waals surface area contributed by atoms with Crippen molar-refractivity contribution in [2.24, 2.45) is 0 Å². The lowest BCUT2D eigenvalue weighted by Gasteiger charge is -2.07. The van der Waals surface area contributed by atoms with E-state index in [0.717, 1.165) is 11.4 Å². The number of rotatable bonds is 7. The standard InChI is InChI=1S/C12H16N2O3S2/c1-2-13-9-11-12(5-7-18-11)19(15,16)14-8-10-4-3-6-17-10/h3-7,13-14H,2,8-9H2,1H3. The molecule has 2 N–H and O–H groups in total. The second kappa shape index (κ2) is 6.33. The SMILES string of the molecule is CCNCc1sccc1S(=O)(=O)NCc1ccco1. The first kappa shape index (κ1) is 14.3. The second-order valence-electron chi connectivity index (χ2n) is 3.89. The van der Waals surface area contributed by atoms with Gasteiger partial charge in [0, 0.05) is 11.4 Å². The van der Waals surface area contributed by atoms with Crippen molar-refractivity contribution < 1.29 is 12.8 Å². The number of nitrogens with one attached hydrogen (secondary N) is 2. The van der Waals surface area contributed by atoms with E-state index in [0.29, 0.717) is 17.2 Å². The van der Waals surface area contributed by atoms with Gasteiger partial charge in [-0.15, -0.1) is 11.3 Å². The number of thiophene rings is 1. The molecule has 0 amide bonds. The van der Waals surface area contributed by atoms with Gasteiger partial charge in [0.1, 0.15) is 5.76 Å². The van der Waals surface area contributed by atoms with Gasteiger partial charge in [-0.1, -0.05) is 6.92 Å². The number of sulfonamides is 1. The van der Waals surface area contributed by atoms with Gasteiger partial charge in [-0.3, -0.25) is 0 Å². The summed E-state index contributed by atoms with van der Waals surface area (Å²) in [6.45, 7) is 3.51. The summed E-state index contributed by atoms with van der Waals surface area (Å²) >= 11 is 1.43. The van der Waals surface area contributed by atoms with Crippen LogP contribution in [0.4, 0.5) is 0 Å². The van der Waals surface area contributed by atoms with Gasteiger partial charge in [0.2, 0.25) is 10.0 Å². The Morgan fingerprint density at radius 3 is 2.84 bits per heavy atom. The monoisotopic (exact) mass is 300 g/mol. The maximum Gasteiger partial charge on any atom is 0.242 e. The Kier molecular flexibility index (Phi) is 4.76. The van der Waals surface area contributed by atoms with Crippen LogP contribution < -0.4 is 10.0 Å². The molecule has 2 heterocycles. The lowest BCUT2D eigenvalue weighted by molar-refractivity contribution is 0.498. The first-order valence-corrected chi connectivity index (χ1v) is 8.29. The first-order chi connectivity index (χ1) is 9.13. The third kappa shape index (κ3) is 3.66. The predicted octanol–water partition coefficient (Wildman–Crippen LogP) is 1.93. The predicted molar refractivity (Wildman–Crippen MR) is 74.4 cm³/mol. The Morgan fingerprint density at radius 2 is 2.16 bits per heavy atom. The smallest absolute Gasteiger partial charge is 0.242 e. The molecule has 19 heavy (non-hydrogen) atoms. The van der Waals surface area contributed by atoms with Gasteiger partial charge in [0.25, 0.3) is 0 Å². The zero-order chi connectivity index (χ0) is 13.7. The average molecular weight is 300 g/mol. The number of hydrogen-bond acceptors (Lipinski definition) is 5. The first-order valence-electron chi connectivity index (χ1n) is 5.92. The van der Waals surface area contributed by atoms with Crippen LogP contribution in [0.15, 0.2) is 39.2 Å². The van der Waals surface area contributed by atoms with Crippen molar-refractivity contribution in [3.8, 4) is 0 Å². The van der Waals surface area contributed by atoms with Crippen LogP contribution in [0.5, 0.6) is 0 Å².